The first kappa shape index (κ1) is 13.4. The molecule has 2 aromatic rings. The maximum atomic E-state index is 12.2. The second kappa shape index (κ2) is 5.40. The third-order valence-electron chi connectivity index (χ3n) is 3.94. The van der Waals surface area contributed by atoms with E-state index in [0.29, 0.717) is 11.4 Å². The van der Waals surface area contributed by atoms with E-state index in [1.54, 1.807) is 11.3 Å². The van der Waals surface area contributed by atoms with Crippen molar-refractivity contribution in [2.75, 3.05) is 0 Å². The minimum absolute atomic E-state index is 0.0953. The summed E-state index contributed by atoms with van der Waals surface area (Å²) in [7, 11) is 0. The van der Waals surface area contributed by atoms with Crippen molar-refractivity contribution in [3.63, 3.8) is 0 Å². The van der Waals surface area contributed by atoms with Gasteiger partial charge in [-0.2, -0.15) is 4.98 Å². The van der Waals surface area contributed by atoms with Gasteiger partial charge in [0.15, 0.2) is 5.82 Å². The highest BCUT2D eigenvalue weighted by molar-refractivity contribution is 7.15. The predicted octanol–water partition coefficient (Wildman–Crippen LogP) is 3.42. The Hall–Kier alpha value is -1.62. The van der Waals surface area contributed by atoms with Gasteiger partial charge < -0.3 is 10.1 Å². The first-order chi connectivity index (χ1) is 9.69. The van der Waals surface area contributed by atoms with Crippen LogP contribution in [0.25, 0.3) is 10.7 Å². The Kier molecular flexibility index (Phi) is 3.61. The molecule has 2 aromatic heterocycles. The van der Waals surface area contributed by atoms with Crippen LogP contribution in [0.3, 0.4) is 0 Å². The lowest BCUT2D eigenvalue weighted by Gasteiger charge is -2.10. The first-order valence-corrected chi connectivity index (χ1v) is 7.93. The zero-order valence-corrected chi connectivity index (χ0v) is 12.3. The molecule has 0 amide bonds. The second-order valence-corrected chi connectivity index (χ2v) is 6.42. The summed E-state index contributed by atoms with van der Waals surface area (Å²) >= 11 is 1.60. The average molecular weight is 290 g/mol. The van der Waals surface area contributed by atoms with Crippen LogP contribution >= 0.6 is 11.3 Å². The van der Waals surface area contributed by atoms with E-state index in [4.69, 9.17) is 0 Å². The van der Waals surface area contributed by atoms with Crippen LogP contribution in [0.15, 0.2) is 16.9 Å². The van der Waals surface area contributed by atoms with Gasteiger partial charge in [-0.3, -0.25) is 4.79 Å². The summed E-state index contributed by atoms with van der Waals surface area (Å²) in [6.07, 6.45) is 5.14. The maximum absolute atomic E-state index is 12.2. The van der Waals surface area contributed by atoms with Gasteiger partial charge in [0.2, 0.25) is 5.88 Å². The summed E-state index contributed by atoms with van der Waals surface area (Å²) in [5.41, 5.74) is 0.282. The van der Waals surface area contributed by atoms with Crippen LogP contribution in [0.1, 0.15) is 49.0 Å². The molecule has 20 heavy (non-hydrogen) atoms. The fraction of sp³-hybridized carbons (Fsp3) is 0.467. The minimum atomic E-state index is -0.189. The number of nitrogens with zero attached hydrogens (tertiary/aromatic N) is 1. The van der Waals surface area contributed by atoms with Crippen molar-refractivity contribution in [1.29, 1.82) is 0 Å². The molecule has 1 saturated carbocycles. The standard InChI is InChI=1S/C15H18N2O2S/c1-2-10-7-8-11(20-10)13-16-14(18)12(15(19)17-13)9-5-3-4-6-9/h7-9H,2-6H2,1H3,(H2,16,17,18,19). The van der Waals surface area contributed by atoms with Crippen LogP contribution in [0.2, 0.25) is 0 Å². The molecule has 2 N–H and O–H groups in total. The minimum Gasteiger partial charge on any atom is -0.493 e. The number of aryl methyl sites for hydroxylation is 1. The van der Waals surface area contributed by atoms with Crippen molar-refractivity contribution in [2.24, 2.45) is 0 Å². The highest BCUT2D eigenvalue weighted by Crippen LogP contribution is 2.36. The second-order valence-electron chi connectivity index (χ2n) is 5.25. The number of rotatable bonds is 3. The average Bonchev–Trinajstić information content (AvgIpc) is 3.09. The molecule has 0 bridgehead atoms. The van der Waals surface area contributed by atoms with Crippen LogP contribution in [0, 0.1) is 0 Å². The van der Waals surface area contributed by atoms with Crippen molar-refractivity contribution >= 4 is 11.3 Å². The Morgan fingerprint density at radius 3 is 2.75 bits per heavy atom. The Morgan fingerprint density at radius 1 is 1.40 bits per heavy atom. The van der Waals surface area contributed by atoms with Gasteiger partial charge in [0, 0.05) is 4.88 Å². The van der Waals surface area contributed by atoms with Crippen LogP contribution in [0.5, 0.6) is 5.88 Å². The Balaban J connectivity index is 2.00. The molecule has 1 fully saturated rings. The summed E-state index contributed by atoms with van der Waals surface area (Å²) in [5, 5.41) is 10.1. The zero-order valence-electron chi connectivity index (χ0n) is 11.5. The topological polar surface area (TPSA) is 66.0 Å². The quantitative estimate of drug-likeness (QED) is 0.910. The van der Waals surface area contributed by atoms with E-state index in [1.807, 2.05) is 12.1 Å². The fourth-order valence-electron chi connectivity index (χ4n) is 2.86. The largest absolute Gasteiger partial charge is 0.493 e. The Morgan fingerprint density at radius 2 is 2.15 bits per heavy atom. The summed E-state index contributed by atoms with van der Waals surface area (Å²) in [4.78, 5) is 21.4. The molecule has 0 aliphatic heterocycles. The molecule has 0 saturated heterocycles. The summed E-state index contributed by atoms with van der Waals surface area (Å²) in [6.45, 7) is 2.09. The van der Waals surface area contributed by atoms with Crippen molar-refractivity contribution in [1.82, 2.24) is 9.97 Å². The van der Waals surface area contributed by atoms with Gasteiger partial charge in [0.05, 0.1) is 10.4 Å². The molecule has 2 heterocycles. The van der Waals surface area contributed by atoms with Crippen molar-refractivity contribution < 1.29 is 5.11 Å². The van der Waals surface area contributed by atoms with Gasteiger partial charge in [-0.1, -0.05) is 19.8 Å². The summed E-state index contributed by atoms with van der Waals surface area (Å²) < 4.78 is 0. The molecule has 1 aliphatic rings. The van der Waals surface area contributed by atoms with Crippen LogP contribution in [0.4, 0.5) is 0 Å². The molecule has 3 rings (SSSR count). The smallest absolute Gasteiger partial charge is 0.258 e. The highest BCUT2D eigenvalue weighted by atomic mass is 32.1. The number of hydrogen-bond acceptors (Lipinski definition) is 4. The molecule has 0 unspecified atom stereocenters. The third-order valence-corrected chi connectivity index (χ3v) is 5.18. The Labute approximate surface area is 121 Å². The molecular formula is C15H18N2O2S. The lowest BCUT2D eigenvalue weighted by molar-refractivity contribution is 0.436. The van der Waals surface area contributed by atoms with E-state index in [0.717, 1.165) is 37.0 Å². The monoisotopic (exact) mass is 290 g/mol. The molecule has 0 spiro atoms. The Bertz CT molecular complexity index is 669. The van der Waals surface area contributed by atoms with Gasteiger partial charge in [0.25, 0.3) is 5.56 Å². The summed E-state index contributed by atoms with van der Waals surface area (Å²) in [5.74, 6) is 0.538. The van der Waals surface area contributed by atoms with E-state index in [1.165, 1.54) is 4.88 Å². The van der Waals surface area contributed by atoms with Crippen LogP contribution in [-0.4, -0.2) is 15.1 Å². The number of aromatic hydroxyl groups is 1. The normalized spacial score (nSPS) is 15.8. The molecular weight excluding hydrogens is 272 g/mol. The fourth-order valence-corrected chi connectivity index (χ4v) is 3.76. The number of thiophene rings is 1. The number of nitrogens with one attached hydrogen (secondary N) is 1. The number of aromatic nitrogens is 2. The molecule has 0 atom stereocenters. The molecule has 5 heteroatoms. The van der Waals surface area contributed by atoms with Gasteiger partial charge in [-0.25, -0.2) is 0 Å². The molecule has 1 aliphatic carbocycles. The van der Waals surface area contributed by atoms with Gasteiger partial charge in [-0.05, 0) is 37.3 Å². The van der Waals surface area contributed by atoms with Crippen molar-refractivity contribution in [3.8, 4) is 16.6 Å². The first-order valence-electron chi connectivity index (χ1n) is 7.11. The van der Waals surface area contributed by atoms with Gasteiger partial charge in [-0.15, -0.1) is 11.3 Å². The van der Waals surface area contributed by atoms with E-state index in [-0.39, 0.29) is 17.4 Å². The molecule has 106 valence electrons. The third kappa shape index (κ3) is 2.38. The summed E-state index contributed by atoms with van der Waals surface area (Å²) in [6, 6.07) is 3.97. The maximum Gasteiger partial charge on any atom is 0.258 e. The number of H-pyrrole nitrogens is 1. The lowest BCUT2D eigenvalue weighted by atomic mass is 10.00. The zero-order chi connectivity index (χ0) is 14.1. The van der Waals surface area contributed by atoms with E-state index < -0.39 is 0 Å². The van der Waals surface area contributed by atoms with E-state index in [9.17, 15) is 9.90 Å². The number of hydrogen-bond donors (Lipinski definition) is 2. The van der Waals surface area contributed by atoms with Crippen molar-refractivity contribution in [3.05, 3.63) is 32.9 Å². The van der Waals surface area contributed by atoms with Crippen LogP contribution in [-0.2, 0) is 6.42 Å². The van der Waals surface area contributed by atoms with Crippen LogP contribution < -0.4 is 5.56 Å². The van der Waals surface area contributed by atoms with Gasteiger partial charge in [0.1, 0.15) is 0 Å². The van der Waals surface area contributed by atoms with Crippen molar-refractivity contribution in [2.45, 2.75) is 44.9 Å². The lowest BCUT2D eigenvalue weighted by Crippen LogP contribution is -2.17. The molecule has 0 radical (unpaired) electrons. The van der Waals surface area contributed by atoms with E-state index in [2.05, 4.69) is 16.9 Å². The number of aromatic amines is 1. The highest BCUT2D eigenvalue weighted by Gasteiger charge is 2.24. The SMILES string of the molecule is CCc1ccc(-c2nc(O)c(C3CCCC3)c(=O)[nH]2)s1. The molecule has 4 nitrogen and oxygen atoms in total. The van der Waals surface area contributed by atoms with Gasteiger partial charge >= 0.3 is 0 Å². The molecule has 0 aromatic carbocycles. The predicted molar refractivity (Wildman–Crippen MR) is 80.4 cm³/mol. The van der Waals surface area contributed by atoms with E-state index >= 15 is 0 Å².